The number of hydrogen-bond donors (Lipinski definition) is 0. The number of benzene rings is 1. The number of halogens is 2. The molecule has 0 N–H and O–H groups in total. The molecule has 1 aromatic rings. The molecule has 0 heterocycles. The average molecular weight is 213 g/mol. The highest BCUT2D eigenvalue weighted by molar-refractivity contribution is 6.36. The summed E-state index contributed by atoms with van der Waals surface area (Å²) < 4.78 is 0. The number of Topliss-reactive ketones (excluding diaryl/α,β-unsaturated/α-hetero) is 1. The van der Waals surface area contributed by atoms with Crippen molar-refractivity contribution >= 4 is 29.0 Å². The van der Waals surface area contributed by atoms with Gasteiger partial charge >= 0.3 is 0 Å². The Kier molecular flexibility index (Phi) is 3.36. The minimum absolute atomic E-state index is 0.310. The molecule has 0 saturated heterocycles. The minimum Gasteiger partial charge on any atom is -0.279 e. The van der Waals surface area contributed by atoms with E-state index in [1.54, 1.807) is 19.1 Å². The topological polar surface area (TPSA) is 17.1 Å². The van der Waals surface area contributed by atoms with E-state index in [9.17, 15) is 4.79 Å². The van der Waals surface area contributed by atoms with Crippen molar-refractivity contribution in [1.82, 2.24) is 0 Å². The van der Waals surface area contributed by atoms with Crippen LogP contribution < -0.4 is 0 Å². The Morgan fingerprint density at radius 3 is 2.69 bits per heavy atom. The summed E-state index contributed by atoms with van der Waals surface area (Å²) in [5.41, 5.74) is 0.350. The second-order valence-corrected chi connectivity index (χ2v) is 3.17. The zero-order chi connectivity index (χ0) is 9.84. The normalized spacial score (nSPS) is 8.85. The molecule has 13 heavy (non-hydrogen) atoms. The van der Waals surface area contributed by atoms with E-state index in [2.05, 4.69) is 11.8 Å². The highest BCUT2D eigenvalue weighted by atomic mass is 35.5. The first-order valence-electron chi connectivity index (χ1n) is 3.57. The van der Waals surface area contributed by atoms with Gasteiger partial charge in [0.15, 0.2) is 0 Å². The van der Waals surface area contributed by atoms with E-state index < -0.39 is 0 Å². The van der Waals surface area contributed by atoms with Gasteiger partial charge in [-0.3, -0.25) is 4.79 Å². The van der Waals surface area contributed by atoms with Gasteiger partial charge in [-0.25, -0.2) is 0 Å². The van der Waals surface area contributed by atoms with Crippen molar-refractivity contribution in [3.05, 3.63) is 33.8 Å². The maximum atomic E-state index is 11.3. The van der Waals surface area contributed by atoms with Gasteiger partial charge in [-0.2, -0.15) is 0 Å². The molecule has 0 aromatic heterocycles. The Hall–Kier alpha value is -0.970. The number of hydrogen-bond acceptors (Lipinski definition) is 1. The fourth-order valence-electron chi connectivity index (χ4n) is 0.852. The van der Waals surface area contributed by atoms with Crippen LogP contribution in [-0.4, -0.2) is 5.78 Å². The molecule has 66 valence electrons. The molecule has 0 saturated carbocycles. The molecule has 0 aliphatic rings. The number of rotatable bonds is 1. The molecule has 0 atom stereocenters. The Bertz CT molecular complexity index is 399. The Morgan fingerprint density at radius 1 is 1.38 bits per heavy atom. The Balaban J connectivity index is 3.18. The standard InChI is InChI=1S/C10H6Cl2O/c1-2-3-10(13)8-6-7(11)4-5-9(8)12/h4-6H,1H3. The SMILES string of the molecule is CC#CC(=O)c1cc(Cl)ccc1Cl. The predicted octanol–water partition coefficient (Wildman–Crippen LogP) is 3.20. The largest absolute Gasteiger partial charge is 0.279 e. The summed E-state index contributed by atoms with van der Waals surface area (Å²) >= 11 is 11.5. The molecule has 1 rings (SSSR count). The molecule has 0 aliphatic heterocycles. The molecule has 1 nitrogen and oxygen atoms in total. The summed E-state index contributed by atoms with van der Waals surface area (Å²) in [5.74, 6) is 4.60. The number of ketones is 1. The van der Waals surface area contributed by atoms with Gasteiger partial charge in [0.25, 0.3) is 0 Å². The molecule has 0 amide bonds. The van der Waals surface area contributed by atoms with Crippen LogP contribution in [0.5, 0.6) is 0 Å². The second kappa shape index (κ2) is 4.32. The molecule has 0 radical (unpaired) electrons. The molecular weight excluding hydrogens is 207 g/mol. The first kappa shape index (κ1) is 10.1. The van der Waals surface area contributed by atoms with Crippen molar-refractivity contribution in [3.8, 4) is 11.8 Å². The zero-order valence-corrected chi connectivity index (χ0v) is 8.41. The van der Waals surface area contributed by atoms with E-state index in [4.69, 9.17) is 23.2 Å². The van der Waals surface area contributed by atoms with Gasteiger partial charge in [0, 0.05) is 5.02 Å². The summed E-state index contributed by atoms with van der Waals surface area (Å²) in [4.78, 5) is 11.3. The van der Waals surface area contributed by atoms with Gasteiger partial charge in [0.1, 0.15) is 0 Å². The lowest BCUT2D eigenvalue weighted by Gasteiger charge is -1.98. The lowest BCUT2D eigenvalue weighted by Crippen LogP contribution is -1.95. The first-order valence-corrected chi connectivity index (χ1v) is 4.33. The van der Waals surface area contributed by atoms with Gasteiger partial charge in [-0.1, -0.05) is 29.1 Å². The first-order chi connectivity index (χ1) is 6.15. The van der Waals surface area contributed by atoms with Crippen molar-refractivity contribution in [3.63, 3.8) is 0 Å². The van der Waals surface area contributed by atoms with Crippen LogP contribution in [0.2, 0.25) is 10.0 Å². The lowest BCUT2D eigenvalue weighted by atomic mass is 10.1. The van der Waals surface area contributed by atoms with Crippen molar-refractivity contribution in [1.29, 1.82) is 0 Å². The van der Waals surface area contributed by atoms with Crippen LogP contribution in [0, 0.1) is 11.8 Å². The Morgan fingerprint density at radius 2 is 2.08 bits per heavy atom. The molecule has 0 bridgehead atoms. The fraction of sp³-hybridized carbons (Fsp3) is 0.100. The smallest absolute Gasteiger partial charge is 0.237 e. The fourth-order valence-corrected chi connectivity index (χ4v) is 1.23. The predicted molar refractivity (Wildman–Crippen MR) is 54.2 cm³/mol. The van der Waals surface area contributed by atoms with Crippen LogP contribution in [0.4, 0.5) is 0 Å². The maximum absolute atomic E-state index is 11.3. The average Bonchev–Trinajstić information content (AvgIpc) is 2.09. The van der Waals surface area contributed by atoms with Gasteiger partial charge in [0.2, 0.25) is 5.78 Å². The van der Waals surface area contributed by atoms with E-state index in [1.807, 2.05) is 0 Å². The molecule has 0 spiro atoms. The minimum atomic E-state index is -0.310. The summed E-state index contributed by atoms with van der Waals surface area (Å²) in [7, 11) is 0. The summed E-state index contributed by atoms with van der Waals surface area (Å²) in [6.07, 6.45) is 0. The molecule has 3 heteroatoms. The van der Waals surface area contributed by atoms with Gasteiger partial charge in [-0.05, 0) is 31.0 Å². The Labute approximate surface area is 86.7 Å². The molecule has 0 aliphatic carbocycles. The molecule has 0 unspecified atom stereocenters. The van der Waals surface area contributed by atoms with Crippen molar-refractivity contribution in [2.45, 2.75) is 6.92 Å². The third-order valence-electron chi connectivity index (χ3n) is 1.41. The number of carbonyl (C=O) groups excluding carboxylic acids is 1. The van der Waals surface area contributed by atoms with Crippen LogP contribution in [0.25, 0.3) is 0 Å². The van der Waals surface area contributed by atoms with E-state index in [0.717, 1.165) is 0 Å². The van der Waals surface area contributed by atoms with E-state index >= 15 is 0 Å². The highest BCUT2D eigenvalue weighted by Gasteiger charge is 2.07. The number of carbonyl (C=O) groups is 1. The van der Waals surface area contributed by atoms with Crippen molar-refractivity contribution < 1.29 is 4.79 Å². The van der Waals surface area contributed by atoms with Crippen LogP contribution in [0.3, 0.4) is 0 Å². The second-order valence-electron chi connectivity index (χ2n) is 2.33. The quantitative estimate of drug-likeness (QED) is 0.397. The monoisotopic (exact) mass is 212 g/mol. The summed E-state index contributed by atoms with van der Waals surface area (Å²) in [6, 6.07) is 4.71. The summed E-state index contributed by atoms with van der Waals surface area (Å²) in [5, 5.41) is 0.850. The van der Waals surface area contributed by atoms with Gasteiger partial charge in [-0.15, -0.1) is 0 Å². The van der Waals surface area contributed by atoms with E-state index in [1.165, 1.54) is 6.07 Å². The maximum Gasteiger partial charge on any atom is 0.237 e. The molecular formula is C10H6Cl2O. The van der Waals surface area contributed by atoms with Gasteiger partial charge in [0.05, 0.1) is 10.6 Å². The highest BCUT2D eigenvalue weighted by Crippen LogP contribution is 2.20. The summed E-state index contributed by atoms with van der Waals surface area (Å²) in [6.45, 7) is 1.59. The molecule has 1 aromatic carbocycles. The van der Waals surface area contributed by atoms with Crippen LogP contribution in [-0.2, 0) is 0 Å². The van der Waals surface area contributed by atoms with Gasteiger partial charge < -0.3 is 0 Å². The van der Waals surface area contributed by atoms with Crippen LogP contribution >= 0.6 is 23.2 Å². The third kappa shape index (κ3) is 2.48. The molecule has 0 fully saturated rings. The lowest BCUT2D eigenvalue weighted by molar-refractivity contribution is 0.105. The van der Waals surface area contributed by atoms with Crippen molar-refractivity contribution in [2.75, 3.05) is 0 Å². The van der Waals surface area contributed by atoms with E-state index in [-0.39, 0.29) is 5.78 Å². The zero-order valence-electron chi connectivity index (χ0n) is 6.90. The van der Waals surface area contributed by atoms with E-state index in [0.29, 0.717) is 15.6 Å². The van der Waals surface area contributed by atoms with Crippen LogP contribution in [0.15, 0.2) is 18.2 Å². The third-order valence-corrected chi connectivity index (χ3v) is 1.98. The van der Waals surface area contributed by atoms with Crippen molar-refractivity contribution in [2.24, 2.45) is 0 Å². The van der Waals surface area contributed by atoms with Crippen LogP contribution in [0.1, 0.15) is 17.3 Å².